The van der Waals surface area contributed by atoms with Gasteiger partial charge in [0.05, 0.1) is 30.5 Å². The van der Waals surface area contributed by atoms with Crippen molar-refractivity contribution < 1.29 is 4.79 Å². The van der Waals surface area contributed by atoms with Crippen LogP contribution in [0.3, 0.4) is 0 Å². The second-order valence-corrected chi connectivity index (χ2v) is 4.76. The summed E-state index contributed by atoms with van der Waals surface area (Å²) in [7, 11) is 0. The van der Waals surface area contributed by atoms with Gasteiger partial charge in [-0.2, -0.15) is 15.0 Å². The highest BCUT2D eigenvalue weighted by Gasteiger charge is 2.17. The number of amides is 1. The highest BCUT2D eigenvalue weighted by atomic mass is 16.1. The third-order valence-corrected chi connectivity index (χ3v) is 3.24. The van der Waals surface area contributed by atoms with E-state index in [0.717, 1.165) is 5.56 Å². The molecule has 0 aliphatic rings. The maximum Gasteiger partial charge on any atom is 0.253 e. The highest BCUT2D eigenvalue weighted by Crippen LogP contribution is 2.15. The molecule has 1 amide bonds. The molecule has 2 heterocycles. The van der Waals surface area contributed by atoms with Crippen molar-refractivity contribution in [1.82, 2.24) is 25.3 Å². The van der Waals surface area contributed by atoms with Crippen molar-refractivity contribution >= 4 is 5.91 Å². The summed E-state index contributed by atoms with van der Waals surface area (Å²) in [5.41, 5.74) is 1.52. The number of nitrogens with zero attached hydrogens (tertiary/aromatic N) is 4. The van der Waals surface area contributed by atoms with Gasteiger partial charge in [0.15, 0.2) is 0 Å². The zero-order valence-electron chi connectivity index (χ0n) is 11.8. The van der Waals surface area contributed by atoms with Crippen LogP contribution in [0.15, 0.2) is 67.3 Å². The number of carbonyl (C=O) groups is 1. The van der Waals surface area contributed by atoms with Gasteiger partial charge in [-0.3, -0.25) is 9.78 Å². The minimum Gasteiger partial charge on any atom is -0.343 e. The Hall–Kier alpha value is -3.02. The predicted molar refractivity (Wildman–Crippen MR) is 80.9 cm³/mol. The molecular weight excluding hydrogens is 278 g/mol. The Morgan fingerprint density at radius 1 is 1.05 bits per heavy atom. The quantitative estimate of drug-likeness (QED) is 0.779. The van der Waals surface area contributed by atoms with Gasteiger partial charge < -0.3 is 5.32 Å². The average Bonchev–Trinajstić information content (AvgIpc) is 3.09. The van der Waals surface area contributed by atoms with Crippen molar-refractivity contribution in [3.05, 3.63) is 78.4 Å². The van der Waals surface area contributed by atoms with Gasteiger partial charge in [0.25, 0.3) is 5.91 Å². The summed E-state index contributed by atoms with van der Waals surface area (Å²) < 4.78 is 0. The molecule has 0 radical (unpaired) electrons. The molecule has 3 rings (SSSR count). The topological polar surface area (TPSA) is 72.7 Å². The van der Waals surface area contributed by atoms with Crippen molar-refractivity contribution in [2.45, 2.75) is 12.6 Å². The fourth-order valence-corrected chi connectivity index (χ4v) is 2.16. The lowest BCUT2D eigenvalue weighted by molar-refractivity contribution is 0.0930. The SMILES string of the molecule is O=C(N[C@H](Cn1nccn1)c1ccccc1)c1cccnc1. The second kappa shape index (κ2) is 6.62. The highest BCUT2D eigenvalue weighted by molar-refractivity contribution is 5.94. The lowest BCUT2D eigenvalue weighted by Gasteiger charge is -2.18. The number of aromatic nitrogens is 4. The summed E-state index contributed by atoms with van der Waals surface area (Å²) in [6.45, 7) is 0.461. The summed E-state index contributed by atoms with van der Waals surface area (Å²) in [6.07, 6.45) is 6.42. The summed E-state index contributed by atoms with van der Waals surface area (Å²) in [6, 6.07) is 13.0. The van der Waals surface area contributed by atoms with Crippen LogP contribution in [0.2, 0.25) is 0 Å². The van der Waals surface area contributed by atoms with Gasteiger partial charge in [0, 0.05) is 12.4 Å². The summed E-state index contributed by atoms with van der Waals surface area (Å²) in [5.74, 6) is -0.172. The van der Waals surface area contributed by atoms with Crippen molar-refractivity contribution in [2.24, 2.45) is 0 Å². The average molecular weight is 293 g/mol. The maximum absolute atomic E-state index is 12.4. The fourth-order valence-electron chi connectivity index (χ4n) is 2.16. The Morgan fingerprint density at radius 3 is 2.50 bits per heavy atom. The standard InChI is InChI=1S/C16H15N5O/c22-16(14-7-4-8-17-11-14)20-15(12-21-18-9-10-19-21)13-5-2-1-3-6-13/h1-11,15H,12H2,(H,20,22)/t15-/m1/s1. The Bertz CT molecular complexity index is 713. The van der Waals surface area contributed by atoms with Gasteiger partial charge in [-0.05, 0) is 17.7 Å². The van der Waals surface area contributed by atoms with E-state index >= 15 is 0 Å². The zero-order chi connectivity index (χ0) is 15.2. The molecule has 0 aliphatic carbocycles. The van der Waals surface area contributed by atoms with Crippen LogP contribution in [-0.2, 0) is 6.54 Å². The molecule has 1 aromatic carbocycles. The van der Waals surface area contributed by atoms with Crippen LogP contribution in [0.1, 0.15) is 22.0 Å². The number of hydrogen-bond donors (Lipinski definition) is 1. The Morgan fingerprint density at radius 2 is 1.82 bits per heavy atom. The van der Waals surface area contributed by atoms with Gasteiger partial charge in [0.2, 0.25) is 0 Å². The van der Waals surface area contributed by atoms with Crippen LogP contribution in [-0.4, -0.2) is 25.9 Å². The Balaban J connectivity index is 1.81. The number of nitrogens with one attached hydrogen (secondary N) is 1. The van der Waals surface area contributed by atoms with Gasteiger partial charge in [-0.25, -0.2) is 0 Å². The van der Waals surface area contributed by atoms with Gasteiger partial charge in [0.1, 0.15) is 0 Å². The van der Waals surface area contributed by atoms with Gasteiger partial charge in [-0.15, -0.1) is 0 Å². The number of benzene rings is 1. The third-order valence-electron chi connectivity index (χ3n) is 3.24. The normalized spacial score (nSPS) is 11.8. The van der Waals surface area contributed by atoms with Crippen LogP contribution in [0.4, 0.5) is 0 Å². The van der Waals surface area contributed by atoms with Crippen LogP contribution >= 0.6 is 0 Å². The summed E-state index contributed by atoms with van der Waals surface area (Å²) in [5, 5.41) is 11.2. The molecule has 2 aromatic heterocycles. The van der Waals surface area contributed by atoms with Crippen molar-refractivity contribution in [2.75, 3.05) is 0 Å². The van der Waals surface area contributed by atoms with E-state index < -0.39 is 0 Å². The van der Waals surface area contributed by atoms with E-state index in [-0.39, 0.29) is 11.9 Å². The van der Waals surface area contributed by atoms with E-state index in [1.165, 1.54) is 0 Å². The molecule has 110 valence electrons. The van der Waals surface area contributed by atoms with E-state index in [4.69, 9.17) is 0 Å². The molecular formula is C16H15N5O. The van der Waals surface area contributed by atoms with Crippen LogP contribution in [0.5, 0.6) is 0 Å². The van der Waals surface area contributed by atoms with Crippen molar-refractivity contribution in [1.29, 1.82) is 0 Å². The first kappa shape index (κ1) is 13.9. The molecule has 6 heteroatoms. The molecule has 0 saturated heterocycles. The molecule has 0 bridgehead atoms. The van der Waals surface area contributed by atoms with Crippen LogP contribution < -0.4 is 5.32 Å². The first-order valence-corrected chi connectivity index (χ1v) is 6.93. The molecule has 0 spiro atoms. The molecule has 1 N–H and O–H groups in total. The smallest absolute Gasteiger partial charge is 0.253 e. The summed E-state index contributed by atoms with van der Waals surface area (Å²) in [4.78, 5) is 17.9. The molecule has 0 saturated carbocycles. The number of carbonyl (C=O) groups excluding carboxylic acids is 1. The molecule has 22 heavy (non-hydrogen) atoms. The lowest BCUT2D eigenvalue weighted by atomic mass is 10.1. The molecule has 0 aliphatic heterocycles. The van der Waals surface area contributed by atoms with E-state index in [0.29, 0.717) is 12.1 Å². The minimum atomic E-state index is -0.221. The molecule has 0 unspecified atom stereocenters. The van der Waals surface area contributed by atoms with E-state index in [1.807, 2.05) is 30.3 Å². The van der Waals surface area contributed by atoms with Crippen LogP contribution in [0, 0.1) is 0 Å². The molecule has 0 fully saturated rings. The molecule has 6 nitrogen and oxygen atoms in total. The van der Waals surface area contributed by atoms with Gasteiger partial charge in [-0.1, -0.05) is 30.3 Å². The summed E-state index contributed by atoms with van der Waals surface area (Å²) >= 11 is 0. The number of pyridine rings is 1. The van der Waals surface area contributed by atoms with Crippen molar-refractivity contribution in [3.8, 4) is 0 Å². The van der Waals surface area contributed by atoms with E-state index in [2.05, 4.69) is 20.5 Å². The molecule has 1 atom stereocenters. The lowest BCUT2D eigenvalue weighted by Crippen LogP contribution is -2.32. The van der Waals surface area contributed by atoms with Crippen LogP contribution in [0.25, 0.3) is 0 Å². The second-order valence-electron chi connectivity index (χ2n) is 4.76. The third kappa shape index (κ3) is 3.35. The largest absolute Gasteiger partial charge is 0.343 e. The molecule has 3 aromatic rings. The number of rotatable bonds is 5. The zero-order valence-corrected chi connectivity index (χ0v) is 11.8. The van der Waals surface area contributed by atoms with E-state index in [9.17, 15) is 4.79 Å². The minimum absolute atomic E-state index is 0.172. The van der Waals surface area contributed by atoms with E-state index in [1.54, 1.807) is 41.7 Å². The first-order chi connectivity index (χ1) is 10.8. The Kier molecular flexibility index (Phi) is 4.20. The monoisotopic (exact) mass is 293 g/mol. The predicted octanol–water partition coefficient (Wildman–Crippen LogP) is 1.84. The number of hydrogen-bond acceptors (Lipinski definition) is 4. The Labute approximate surface area is 127 Å². The van der Waals surface area contributed by atoms with Crippen molar-refractivity contribution in [3.63, 3.8) is 0 Å². The first-order valence-electron chi connectivity index (χ1n) is 6.93. The maximum atomic E-state index is 12.4. The van der Waals surface area contributed by atoms with Gasteiger partial charge >= 0.3 is 0 Å². The fraction of sp³-hybridized carbons (Fsp3) is 0.125.